The maximum atomic E-state index is 10.5. The smallest absolute Gasteiger partial charge is 0.287 e. The SMILES string of the molecule is COCCNC(=O)C(C)=O. The Hall–Kier alpha value is -0.900. The molecule has 0 aromatic rings. The fraction of sp³-hybridized carbons (Fsp3) is 0.667. The van der Waals surface area contributed by atoms with Crippen LogP contribution in [0.1, 0.15) is 6.92 Å². The zero-order valence-corrected chi connectivity index (χ0v) is 6.14. The van der Waals surface area contributed by atoms with Crippen molar-refractivity contribution in [2.45, 2.75) is 6.92 Å². The zero-order valence-electron chi connectivity index (χ0n) is 6.14. The van der Waals surface area contributed by atoms with Crippen LogP contribution in [-0.4, -0.2) is 32.0 Å². The highest BCUT2D eigenvalue weighted by Gasteiger charge is 2.04. The highest BCUT2D eigenvalue weighted by Crippen LogP contribution is 1.69. The van der Waals surface area contributed by atoms with Gasteiger partial charge < -0.3 is 10.1 Å². The number of nitrogens with one attached hydrogen (secondary N) is 1. The molecule has 0 unspecified atom stereocenters. The number of amides is 1. The molecule has 4 nitrogen and oxygen atoms in total. The van der Waals surface area contributed by atoms with E-state index in [-0.39, 0.29) is 0 Å². The Labute approximate surface area is 59.6 Å². The van der Waals surface area contributed by atoms with E-state index in [4.69, 9.17) is 0 Å². The molecule has 0 fully saturated rings. The summed E-state index contributed by atoms with van der Waals surface area (Å²) in [4.78, 5) is 20.8. The summed E-state index contributed by atoms with van der Waals surface area (Å²) in [5, 5.41) is 2.37. The second kappa shape index (κ2) is 4.93. The molecule has 1 N–H and O–H groups in total. The van der Waals surface area contributed by atoms with Crippen LogP contribution < -0.4 is 5.32 Å². The maximum Gasteiger partial charge on any atom is 0.287 e. The first-order valence-electron chi connectivity index (χ1n) is 2.96. The molecule has 4 heteroatoms. The molecule has 1 amide bonds. The molecule has 0 saturated carbocycles. The third-order valence-corrected chi connectivity index (χ3v) is 0.912. The quantitative estimate of drug-likeness (QED) is 0.422. The molecule has 0 saturated heterocycles. The van der Waals surface area contributed by atoms with Crippen molar-refractivity contribution >= 4 is 11.7 Å². The second-order valence-corrected chi connectivity index (χ2v) is 1.80. The molecular weight excluding hydrogens is 134 g/mol. The summed E-state index contributed by atoms with van der Waals surface area (Å²) in [7, 11) is 1.53. The molecule has 0 aromatic carbocycles. The van der Waals surface area contributed by atoms with Gasteiger partial charge in [-0.05, 0) is 0 Å². The minimum atomic E-state index is -0.558. The zero-order chi connectivity index (χ0) is 7.98. The van der Waals surface area contributed by atoms with Crippen LogP contribution in [0.5, 0.6) is 0 Å². The predicted molar refractivity (Wildman–Crippen MR) is 35.6 cm³/mol. The summed E-state index contributed by atoms with van der Waals surface area (Å²) in [6.07, 6.45) is 0. The third-order valence-electron chi connectivity index (χ3n) is 0.912. The van der Waals surface area contributed by atoms with Gasteiger partial charge in [-0.25, -0.2) is 0 Å². The fourth-order valence-corrected chi connectivity index (χ4v) is 0.391. The van der Waals surface area contributed by atoms with E-state index < -0.39 is 11.7 Å². The highest BCUT2D eigenvalue weighted by molar-refractivity contribution is 6.35. The van der Waals surface area contributed by atoms with E-state index in [0.29, 0.717) is 13.2 Å². The van der Waals surface area contributed by atoms with E-state index in [1.807, 2.05) is 0 Å². The summed E-state index contributed by atoms with van der Waals surface area (Å²) < 4.78 is 4.65. The van der Waals surface area contributed by atoms with Crippen LogP contribution >= 0.6 is 0 Å². The van der Waals surface area contributed by atoms with Crippen molar-refractivity contribution in [1.82, 2.24) is 5.32 Å². The summed E-state index contributed by atoms with van der Waals surface area (Å²) >= 11 is 0. The molecule has 0 spiro atoms. The molecule has 0 aliphatic rings. The Morgan fingerprint density at radius 3 is 2.50 bits per heavy atom. The van der Waals surface area contributed by atoms with Crippen LogP contribution in [-0.2, 0) is 14.3 Å². The van der Waals surface area contributed by atoms with Crippen LogP contribution in [0, 0.1) is 0 Å². The van der Waals surface area contributed by atoms with Crippen molar-refractivity contribution < 1.29 is 14.3 Å². The van der Waals surface area contributed by atoms with Gasteiger partial charge in [0.25, 0.3) is 5.91 Å². The molecule has 0 aliphatic heterocycles. The number of carbonyl (C=O) groups excluding carboxylic acids is 2. The molecule has 58 valence electrons. The van der Waals surface area contributed by atoms with Crippen molar-refractivity contribution in [3.8, 4) is 0 Å². The number of ketones is 1. The van der Waals surface area contributed by atoms with Crippen molar-refractivity contribution in [2.24, 2.45) is 0 Å². The van der Waals surface area contributed by atoms with E-state index in [1.165, 1.54) is 14.0 Å². The Kier molecular flexibility index (Phi) is 4.49. The monoisotopic (exact) mass is 145 g/mol. The lowest BCUT2D eigenvalue weighted by Gasteiger charge is -1.99. The molecule has 10 heavy (non-hydrogen) atoms. The lowest BCUT2D eigenvalue weighted by Crippen LogP contribution is -2.31. The van der Waals surface area contributed by atoms with E-state index in [0.717, 1.165) is 0 Å². The van der Waals surface area contributed by atoms with E-state index in [1.54, 1.807) is 0 Å². The standard InChI is InChI=1S/C6H11NO3/c1-5(8)6(9)7-3-4-10-2/h3-4H2,1-2H3,(H,7,9). The van der Waals surface area contributed by atoms with Gasteiger partial charge in [-0.1, -0.05) is 0 Å². The van der Waals surface area contributed by atoms with Crippen LogP contribution in [0.25, 0.3) is 0 Å². The molecular formula is C6H11NO3. The third kappa shape index (κ3) is 4.03. The molecule has 0 heterocycles. The van der Waals surface area contributed by atoms with Gasteiger partial charge >= 0.3 is 0 Å². The Morgan fingerprint density at radius 1 is 1.50 bits per heavy atom. The van der Waals surface area contributed by atoms with Gasteiger partial charge in [-0.15, -0.1) is 0 Å². The molecule has 0 rings (SSSR count). The topological polar surface area (TPSA) is 55.4 Å². The first-order chi connectivity index (χ1) is 4.68. The van der Waals surface area contributed by atoms with Gasteiger partial charge in [0.2, 0.25) is 5.78 Å². The Morgan fingerprint density at radius 2 is 2.10 bits per heavy atom. The first-order valence-corrected chi connectivity index (χ1v) is 2.96. The minimum absolute atomic E-state index is 0.384. The van der Waals surface area contributed by atoms with Crippen molar-refractivity contribution in [3.63, 3.8) is 0 Å². The summed E-state index contributed by atoms with van der Waals surface area (Å²) in [6, 6.07) is 0. The number of hydrogen-bond donors (Lipinski definition) is 1. The largest absolute Gasteiger partial charge is 0.383 e. The predicted octanol–water partition coefficient (Wildman–Crippen LogP) is -0.662. The van der Waals surface area contributed by atoms with Gasteiger partial charge in [-0.3, -0.25) is 9.59 Å². The van der Waals surface area contributed by atoms with Gasteiger partial charge in [0.1, 0.15) is 0 Å². The number of methoxy groups -OCH3 is 1. The summed E-state index contributed by atoms with van der Waals surface area (Å²) in [5.74, 6) is -1.03. The van der Waals surface area contributed by atoms with Crippen molar-refractivity contribution in [3.05, 3.63) is 0 Å². The lowest BCUT2D eigenvalue weighted by molar-refractivity contribution is -0.136. The highest BCUT2D eigenvalue weighted by atomic mass is 16.5. The summed E-state index contributed by atoms with van der Waals surface area (Å²) in [6.45, 7) is 2.04. The Balaban J connectivity index is 3.31. The summed E-state index contributed by atoms with van der Waals surface area (Å²) in [5.41, 5.74) is 0. The maximum absolute atomic E-state index is 10.5. The molecule has 0 atom stereocenters. The Bertz CT molecular complexity index is 133. The molecule has 0 radical (unpaired) electrons. The van der Waals surface area contributed by atoms with Crippen molar-refractivity contribution in [1.29, 1.82) is 0 Å². The molecule has 0 aliphatic carbocycles. The number of carbonyl (C=O) groups is 2. The van der Waals surface area contributed by atoms with Crippen LogP contribution in [0.3, 0.4) is 0 Å². The van der Waals surface area contributed by atoms with Gasteiger partial charge in [0, 0.05) is 20.6 Å². The number of rotatable bonds is 4. The average Bonchev–Trinajstić information content (AvgIpc) is 1.88. The average molecular weight is 145 g/mol. The molecule has 0 aromatic heterocycles. The number of hydrogen-bond acceptors (Lipinski definition) is 3. The fourth-order valence-electron chi connectivity index (χ4n) is 0.391. The van der Waals surface area contributed by atoms with Gasteiger partial charge in [0.15, 0.2) is 0 Å². The van der Waals surface area contributed by atoms with E-state index in [9.17, 15) is 9.59 Å². The van der Waals surface area contributed by atoms with Crippen molar-refractivity contribution in [2.75, 3.05) is 20.3 Å². The lowest BCUT2D eigenvalue weighted by atomic mass is 10.4. The van der Waals surface area contributed by atoms with Gasteiger partial charge in [0.05, 0.1) is 6.61 Å². The number of ether oxygens (including phenoxy) is 1. The van der Waals surface area contributed by atoms with Crippen LogP contribution in [0.4, 0.5) is 0 Å². The van der Waals surface area contributed by atoms with Crippen LogP contribution in [0.2, 0.25) is 0 Å². The second-order valence-electron chi connectivity index (χ2n) is 1.80. The normalized spacial score (nSPS) is 9.00. The minimum Gasteiger partial charge on any atom is -0.383 e. The van der Waals surface area contributed by atoms with E-state index >= 15 is 0 Å². The van der Waals surface area contributed by atoms with Gasteiger partial charge in [-0.2, -0.15) is 0 Å². The van der Waals surface area contributed by atoms with E-state index in [2.05, 4.69) is 10.1 Å². The number of Topliss-reactive ketones (excluding diaryl/α,β-unsaturated/α-hetero) is 1. The first kappa shape index (κ1) is 9.10. The van der Waals surface area contributed by atoms with Crippen LogP contribution in [0.15, 0.2) is 0 Å². The molecule has 0 bridgehead atoms.